The topological polar surface area (TPSA) is 0 Å². The molecule has 1 fully saturated rings. The zero-order chi connectivity index (χ0) is 9.42. The summed E-state index contributed by atoms with van der Waals surface area (Å²) in [5.41, 5.74) is 1.65. The maximum atomic E-state index is 2.56. The summed E-state index contributed by atoms with van der Waals surface area (Å²) in [4.78, 5) is 0. The van der Waals surface area contributed by atoms with Gasteiger partial charge in [0.2, 0.25) is 0 Å². The lowest BCUT2D eigenvalue weighted by Gasteiger charge is -2.17. The van der Waals surface area contributed by atoms with E-state index in [-0.39, 0.29) is 0 Å². The fourth-order valence-corrected chi connectivity index (χ4v) is 3.57. The van der Waals surface area contributed by atoms with Crippen LogP contribution in [0.25, 0.3) is 0 Å². The van der Waals surface area contributed by atoms with E-state index >= 15 is 0 Å². The lowest BCUT2D eigenvalue weighted by molar-refractivity contribution is 0.353. The van der Waals surface area contributed by atoms with Crippen molar-refractivity contribution < 1.29 is 0 Å². The first-order valence-corrected chi connectivity index (χ1v) is 5.89. The fraction of sp³-hybridized carbons (Fsp3) is 0.846. The second kappa shape index (κ2) is 3.48. The minimum atomic E-state index is 0.941. The average Bonchev–Trinajstić information content (AvgIpc) is 2.54. The molecule has 2 rings (SSSR count). The number of hydrogen-bond donors (Lipinski definition) is 0. The molecule has 0 radical (unpaired) electrons. The predicted molar refractivity (Wildman–Crippen MR) is 57.5 cm³/mol. The Bertz CT molecular complexity index is 214. The Morgan fingerprint density at radius 1 is 1.46 bits per heavy atom. The zero-order valence-electron chi connectivity index (χ0n) is 9.22. The molecule has 2 aliphatic carbocycles. The number of hydrogen-bond acceptors (Lipinski definition) is 0. The third-order valence-electron chi connectivity index (χ3n) is 4.22. The van der Waals surface area contributed by atoms with E-state index in [0.29, 0.717) is 0 Å². The van der Waals surface area contributed by atoms with Gasteiger partial charge in [0.1, 0.15) is 0 Å². The van der Waals surface area contributed by atoms with Gasteiger partial charge in [-0.3, -0.25) is 0 Å². The van der Waals surface area contributed by atoms with Crippen LogP contribution in [0.1, 0.15) is 46.5 Å². The molecule has 0 aromatic carbocycles. The molecule has 74 valence electrons. The summed E-state index contributed by atoms with van der Waals surface area (Å²) in [5, 5.41) is 0. The van der Waals surface area contributed by atoms with Crippen LogP contribution >= 0.6 is 0 Å². The van der Waals surface area contributed by atoms with Gasteiger partial charge in [0, 0.05) is 0 Å². The van der Waals surface area contributed by atoms with E-state index < -0.39 is 0 Å². The van der Waals surface area contributed by atoms with Gasteiger partial charge in [0.15, 0.2) is 0 Å². The van der Waals surface area contributed by atoms with Gasteiger partial charge < -0.3 is 0 Å². The first kappa shape index (κ1) is 9.30. The molecule has 0 spiro atoms. The molecule has 0 saturated heterocycles. The van der Waals surface area contributed by atoms with E-state index in [0.717, 1.165) is 23.7 Å². The quantitative estimate of drug-likeness (QED) is 0.560. The molecule has 13 heavy (non-hydrogen) atoms. The standard InChI is InChI=1S/C13H22/c1-4-5-11-8-12-6-9(2)7-13(12)10(11)3/h7,10-13H,4-6,8H2,1-3H3. The van der Waals surface area contributed by atoms with Gasteiger partial charge in [-0.05, 0) is 43.4 Å². The normalized spacial score (nSPS) is 43.5. The van der Waals surface area contributed by atoms with Crippen molar-refractivity contribution in [3.63, 3.8) is 0 Å². The van der Waals surface area contributed by atoms with Crippen molar-refractivity contribution in [3.8, 4) is 0 Å². The lowest BCUT2D eigenvalue weighted by atomic mass is 9.88. The first-order chi connectivity index (χ1) is 6.22. The molecule has 2 aliphatic rings. The van der Waals surface area contributed by atoms with Crippen LogP contribution in [0.2, 0.25) is 0 Å². The first-order valence-electron chi connectivity index (χ1n) is 5.89. The summed E-state index contributed by atoms with van der Waals surface area (Å²) in [7, 11) is 0. The summed E-state index contributed by atoms with van der Waals surface area (Å²) in [6, 6.07) is 0. The van der Waals surface area contributed by atoms with Crippen molar-refractivity contribution >= 4 is 0 Å². The second-order valence-corrected chi connectivity index (χ2v) is 5.20. The van der Waals surface area contributed by atoms with E-state index in [9.17, 15) is 0 Å². The molecule has 4 unspecified atom stereocenters. The van der Waals surface area contributed by atoms with E-state index in [1.165, 1.54) is 25.7 Å². The highest BCUT2D eigenvalue weighted by atomic mass is 14.5. The monoisotopic (exact) mass is 178 g/mol. The summed E-state index contributed by atoms with van der Waals surface area (Å²) < 4.78 is 0. The van der Waals surface area contributed by atoms with Gasteiger partial charge in [0.05, 0.1) is 0 Å². The molecule has 4 atom stereocenters. The van der Waals surface area contributed by atoms with Gasteiger partial charge in [-0.2, -0.15) is 0 Å². The smallest absolute Gasteiger partial charge is 0.0171 e. The largest absolute Gasteiger partial charge is 0.0819 e. The minimum absolute atomic E-state index is 0.941. The Labute approximate surface area is 82.4 Å². The summed E-state index contributed by atoms with van der Waals surface area (Å²) in [6.07, 6.45) is 8.30. The third-order valence-corrected chi connectivity index (χ3v) is 4.22. The Hall–Kier alpha value is -0.260. The molecule has 0 nitrogen and oxygen atoms in total. The second-order valence-electron chi connectivity index (χ2n) is 5.20. The van der Waals surface area contributed by atoms with Crippen LogP contribution in [-0.2, 0) is 0 Å². The van der Waals surface area contributed by atoms with E-state index in [4.69, 9.17) is 0 Å². The number of rotatable bonds is 2. The van der Waals surface area contributed by atoms with E-state index in [1.807, 2.05) is 0 Å². The van der Waals surface area contributed by atoms with Crippen LogP contribution in [0, 0.1) is 23.7 Å². The molecule has 0 heteroatoms. The fourth-order valence-electron chi connectivity index (χ4n) is 3.57. The van der Waals surface area contributed by atoms with Gasteiger partial charge in [-0.1, -0.05) is 38.3 Å². The highest BCUT2D eigenvalue weighted by Crippen LogP contribution is 2.50. The van der Waals surface area contributed by atoms with Crippen LogP contribution < -0.4 is 0 Å². The van der Waals surface area contributed by atoms with Crippen molar-refractivity contribution in [2.24, 2.45) is 23.7 Å². The highest BCUT2D eigenvalue weighted by molar-refractivity contribution is 5.15. The van der Waals surface area contributed by atoms with Crippen molar-refractivity contribution in [3.05, 3.63) is 11.6 Å². The van der Waals surface area contributed by atoms with Crippen molar-refractivity contribution in [2.75, 3.05) is 0 Å². The van der Waals surface area contributed by atoms with Gasteiger partial charge >= 0.3 is 0 Å². The molecule has 0 aliphatic heterocycles. The SMILES string of the molecule is CCCC1CC2CC(C)=CC2C1C. The molecule has 1 saturated carbocycles. The van der Waals surface area contributed by atoms with Crippen LogP contribution in [-0.4, -0.2) is 0 Å². The maximum Gasteiger partial charge on any atom is -0.0171 e. The van der Waals surface area contributed by atoms with Crippen molar-refractivity contribution in [1.82, 2.24) is 0 Å². The van der Waals surface area contributed by atoms with Crippen LogP contribution in [0.3, 0.4) is 0 Å². The number of fused-ring (bicyclic) bond motifs is 1. The summed E-state index contributed by atoms with van der Waals surface area (Å²) in [5.74, 6) is 3.95. The molecular formula is C13H22. The van der Waals surface area contributed by atoms with Crippen molar-refractivity contribution in [1.29, 1.82) is 0 Å². The van der Waals surface area contributed by atoms with E-state index in [1.54, 1.807) is 5.57 Å². The minimum Gasteiger partial charge on any atom is -0.0819 e. The highest BCUT2D eigenvalue weighted by Gasteiger charge is 2.41. The molecule has 0 amide bonds. The van der Waals surface area contributed by atoms with Crippen molar-refractivity contribution in [2.45, 2.75) is 46.5 Å². The maximum absolute atomic E-state index is 2.56. The predicted octanol–water partition coefficient (Wildman–Crippen LogP) is 4.02. The third kappa shape index (κ3) is 1.56. The number of allylic oxidation sites excluding steroid dienone is 2. The Kier molecular flexibility index (Phi) is 2.49. The van der Waals surface area contributed by atoms with Crippen LogP contribution in [0.4, 0.5) is 0 Å². The van der Waals surface area contributed by atoms with Gasteiger partial charge in [-0.15, -0.1) is 0 Å². The summed E-state index contributed by atoms with van der Waals surface area (Å²) in [6.45, 7) is 7.10. The molecule has 0 bridgehead atoms. The molecular weight excluding hydrogens is 156 g/mol. The Morgan fingerprint density at radius 3 is 2.85 bits per heavy atom. The Balaban J connectivity index is 2.03. The summed E-state index contributed by atoms with van der Waals surface area (Å²) >= 11 is 0. The Morgan fingerprint density at radius 2 is 2.23 bits per heavy atom. The molecule has 0 aromatic rings. The molecule has 0 heterocycles. The van der Waals surface area contributed by atoms with E-state index in [2.05, 4.69) is 26.8 Å². The zero-order valence-corrected chi connectivity index (χ0v) is 9.22. The average molecular weight is 178 g/mol. The van der Waals surface area contributed by atoms with Gasteiger partial charge in [-0.25, -0.2) is 0 Å². The van der Waals surface area contributed by atoms with Gasteiger partial charge in [0.25, 0.3) is 0 Å². The molecule has 0 N–H and O–H groups in total. The van der Waals surface area contributed by atoms with Crippen LogP contribution in [0.15, 0.2) is 11.6 Å². The molecule has 0 aromatic heterocycles. The lowest BCUT2D eigenvalue weighted by Crippen LogP contribution is -2.09. The van der Waals surface area contributed by atoms with Crippen LogP contribution in [0.5, 0.6) is 0 Å².